The van der Waals surface area contributed by atoms with Gasteiger partial charge in [0.2, 0.25) is 0 Å². The number of rotatable bonds is 3. The van der Waals surface area contributed by atoms with Crippen molar-refractivity contribution >= 4 is 43.9 Å². The first-order chi connectivity index (χ1) is 10.2. The summed E-state index contributed by atoms with van der Waals surface area (Å²) < 4.78 is 6.82. The molecule has 0 aliphatic rings. The van der Waals surface area contributed by atoms with E-state index in [1.807, 2.05) is 36.4 Å². The zero-order valence-corrected chi connectivity index (χ0v) is 13.3. The highest BCUT2D eigenvalue weighted by molar-refractivity contribution is 9.10. The van der Waals surface area contributed by atoms with Crippen LogP contribution in [0, 0.1) is 0 Å². The van der Waals surface area contributed by atoms with Crippen molar-refractivity contribution in [1.29, 1.82) is 0 Å². The molecule has 0 bridgehead atoms. The highest BCUT2D eigenvalue weighted by Crippen LogP contribution is 2.36. The quantitative estimate of drug-likeness (QED) is 0.703. The van der Waals surface area contributed by atoms with Crippen LogP contribution < -0.4 is 10.5 Å². The number of nitrogens with two attached hydrogens (primary N) is 1. The Morgan fingerprint density at radius 2 is 1.86 bits per heavy atom. The van der Waals surface area contributed by atoms with E-state index in [1.165, 1.54) is 0 Å². The molecule has 0 aliphatic heterocycles. The molecule has 0 aliphatic carbocycles. The fourth-order valence-corrected chi connectivity index (χ4v) is 2.80. The lowest BCUT2D eigenvalue weighted by atomic mass is 10.1. The van der Waals surface area contributed by atoms with Gasteiger partial charge in [0.05, 0.1) is 4.47 Å². The molecule has 0 saturated heterocycles. The fraction of sp³-hybridized carbons (Fsp3) is 0. The molecule has 21 heavy (non-hydrogen) atoms. The average molecular weight is 359 g/mol. The number of hydrogen-bond acceptors (Lipinski definition) is 3. The molecule has 3 aromatic rings. The van der Waals surface area contributed by atoms with Crippen LogP contribution in [0.3, 0.4) is 0 Å². The second-order valence-corrected chi connectivity index (χ2v) is 5.65. The van der Waals surface area contributed by atoms with Crippen LogP contribution in [0.1, 0.15) is 5.69 Å². The standard InChI is InChI=1S/C16H11BrN2OS/c17-14-11-5-2-1-4-10(11)7-8-12(14)20-13-6-3-9-19-15(13)16(18)21/h1-9H,(H2,18,21). The van der Waals surface area contributed by atoms with E-state index in [0.29, 0.717) is 17.2 Å². The number of fused-ring (bicyclic) bond motifs is 1. The van der Waals surface area contributed by atoms with E-state index < -0.39 is 0 Å². The van der Waals surface area contributed by atoms with Crippen molar-refractivity contribution < 1.29 is 4.74 Å². The largest absolute Gasteiger partial charge is 0.454 e. The molecule has 5 heteroatoms. The second kappa shape index (κ2) is 5.79. The lowest BCUT2D eigenvalue weighted by Gasteiger charge is -2.12. The Labute approximate surface area is 135 Å². The molecular formula is C16H11BrN2OS. The molecule has 104 valence electrons. The molecular weight excluding hydrogens is 348 g/mol. The van der Waals surface area contributed by atoms with Crippen molar-refractivity contribution in [3.63, 3.8) is 0 Å². The Bertz CT molecular complexity index is 835. The number of hydrogen-bond donors (Lipinski definition) is 1. The summed E-state index contributed by atoms with van der Waals surface area (Å²) in [6.45, 7) is 0. The van der Waals surface area contributed by atoms with Gasteiger partial charge in [-0.25, -0.2) is 4.98 Å². The smallest absolute Gasteiger partial charge is 0.156 e. The van der Waals surface area contributed by atoms with Gasteiger partial charge in [0.15, 0.2) is 5.75 Å². The summed E-state index contributed by atoms with van der Waals surface area (Å²) in [7, 11) is 0. The van der Waals surface area contributed by atoms with E-state index in [9.17, 15) is 0 Å². The van der Waals surface area contributed by atoms with Crippen molar-refractivity contribution in [2.45, 2.75) is 0 Å². The molecule has 3 rings (SSSR count). The van der Waals surface area contributed by atoms with Gasteiger partial charge in [-0.2, -0.15) is 0 Å². The van der Waals surface area contributed by atoms with Crippen LogP contribution in [0.2, 0.25) is 0 Å². The third-order valence-corrected chi connectivity index (χ3v) is 4.06. The minimum absolute atomic E-state index is 0.211. The third kappa shape index (κ3) is 2.75. The van der Waals surface area contributed by atoms with Gasteiger partial charge in [-0.1, -0.05) is 42.5 Å². The summed E-state index contributed by atoms with van der Waals surface area (Å²) in [5, 5.41) is 2.22. The molecule has 0 spiro atoms. The van der Waals surface area contributed by atoms with E-state index >= 15 is 0 Å². The molecule has 3 nitrogen and oxygen atoms in total. The summed E-state index contributed by atoms with van der Waals surface area (Å²) >= 11 is 8.59. The number of nitrogens with zero attached hydrogens (tertiary/aromatic N) is 1. The van der Waals surface area contributed by atoms with Crippen molar-refractivity contribution in [2.75, 3.05) is 0 Å². The molecule has 1 heterocycles. The van der Waals surface area contributed by atoms with Crippen molar-refractivity contribution in [3.05, 3.63) is 64.9 Å². The van der Waals surface area contributed by atoms with Gasteiger partial charge in [0.25, 0.3) is 0 Å². The molecule has 0 unspecified atom stereocenters. The van der Waals surface area contributed by atoms with Crippen LogP contribution >= 0.6 is 28.1 Å². The van der Waals surface area contributed by atoms with Crippen LogP contribution in [0.4, 0.5) is 0 Å². The van der Waals surface area contributed by atoms with Gasteiger partial charge in [-0.15, -0.1) is 0 Å². The first-order valence-corrected chi connectivity index (χ1v) is 7.47. The van der Waals surface area contributed by atoms with Crippen LogP contribution in [-0.4, -0.2) is 9.97 Å². The van der Waals surface area contributed by atoms with Gasteiger partial charge in [-0.05, 0) is 44.9 Å². The Morgan fingerprint density at radius 1 is 1.05 bits per heavy atom. The van der Waals surface area contributed by atoms with Gasteiger partial charge >= 0.3 is 0 Å². The summed E-state index contributed by atoms with van der Waals surface area (Å²) in [6.07, 6.45) is 1.64. The van der Waals surface area contributed by atoms with Gasteiger partial charge in [0, 0.05) is 6.20 Å². The second-order valence-electron chi connectivity index (χ2n) is 4.42. The molecule has 0 radical (unpaired) electrons. The number of aromatic nitrogens is 1. The molecule has 2 aromatic carbocycles. The van der Waals surface area contributed by atoms with Crippen LogP contribution in [-0.2, 0) is 0 Å². The maximum absolute atomic E-state index is 5.93. The van der Waals surface area contributed by atoms with E-state index in [1.54, 1.807) is 18.3 Å². The minimum Gasteiger partial charge on any atom is -0.454 e. The van der Waals surface area contributed by atoms with Gasteiger partial charge in [-0.3, -0.25) is 0 Å². The Balaban J connectivity index is 2.07. The van der Waals surface area contributed by atoms with E-state index in [2.05, 4.69) is 20.9 Å². The molecule has 0 saturated carbocycles. The highest BCUT2D eigenvalue weighted by Gasteiger charge is 2.11. The summed E-state index contributed by atoms with van der Waals surface area (Å²) in [6, 6.07) is 15.6. The molecule has 1 aromatic heterocycles. The van der Waals surface area contributed by atoms with E-state index in [0.717, 1.165) is 15.2 Å². The number of ether oxygens (including phenoxy) is 1. The average Bonchev–Trinajstić information content (AvgIpc) is 2.51. The lowest BCUT2D eigenvalue weighted by molar-refractivity contribution is 0.477. The SMILES string of the molecule is NC(=S)c1ncccc1Oc1ccc2ccccc2c1Br. The van der Waals surface area contributed by atoms with Gasteiger partial charge in [0.1, 0.15) is 16.4 Å². The highest BCUT2D eigenvalue weighted by atomic mass is 79.9. The fourth-order valence-electron chi connectivity index (χ4n) is 2.07. The summed E-state index contributed by atoms with van der Waals surface area (Å²) in [5.74, 6) is 1.24. The summed E-state index contributed by atoms with van der Waals surface area (Å²) in [5.41, 5.74) is 6.15. The first-order valence-electron chi connectivity index (χ1n) is 6.27. The molecule has 0 atom stereocenters. The Kier molecular flexibility index (Phi) is 3.86. The Morgan fingerprint density at radius 3 is 2.67 bits per heavy atom. The molecule has 0 amide bonds. The van der Waals surface area contributed by atoms with Crippen molar-refractivity contribution in [1.82, 2.24) is 4.98 Å². The molecule has 0 fully saturated rings. The van der Waals surface area contributed by atoms with E-state index in [-0.39, 0.29) is 4.99 Å². The predicted molar refractivity (Wildman–Crippen MR) is 91.8 cm³/mol. The zero-order valence-electron chi connectivity index (χ0n) is 10.9. The number of pyridine rings is 1. The third-order valence-electron chi connectivity index (χ3n) is 3.05. The summed E-state index contributed by atoms with van der Waals surface area (Å²) in [4.78, 5) is 4.37. The van der Waals surface area contributed by atoms with Gasteiger partial charge < -0.3 is 10.5 Å². The maximum Gasteiger partial charge on any atom is 0.156 e. The predicted octanol–water partition coefficient (Wildman–Crippen LogP) is 4.42. The minimum atomic E-state index is 0.211. The number of benzene rings is 2. The first kappa shape index (κ1) is 14.0. The van der Waals surface area contributed by atoms with Crippen molar-refractivity contribution in [3.8, 4) is 11.5 Å². The number of thiocarbonyl (C=S) groups is 1. The lowest BCUT2D eigenvalue weighted by Crippen LogP contribution is -2.12. The van der Waals surface area contributed by atoms with Crippen LogP contribution in [0.25, 0.3) is 10.8 Å². The van der Waals surface area contributed by atoms with Crippen LogP contribution in [0.15, 0.2) is 59.2 Å². The Hall–Kier alpha value is -1.98. The maximum atomic E-state index is 5.93. The van der Waals surface area contributed by atoms with Crippen molar-refractivity contribution in [2.24, 2.45) is 5.73 Å². The zero-order chi connectivity index (χ0) is 14.8. The normalized spacial score (nSPS) is 10.5. The molecule has 2 N–H and O–H groups in total. The number of halogens is 1. The topological polar surface area (TPSA) is 48.1 Å². The van der Waals surface area contributed by atoms with Crippen LogP contribution in [0.5, 0.6) is 11.5 Å². The van der Waals surface area contributed by atoms with E-state index in [4.69, 9.17) is 22.7 Å². The monoisotopic (exact) mass is 358 g/mol.